The summed E-state index contributed by atoms with van der Waals surface area (Å²) in [5, 5.41) is 1.44. The van der Waals surface area contributed by atoms with Crippen molar-refractivity contribution in [2.75, 3.05) is 44.3 Å². The van der Waals surface area contributed by atoms with Crippen LogP contribution in [0, 0.1) is 13.8 Å². The SMILES string of the molecule is Cc1nc(C2=CCN(Cc3c(Cl)cccc3Cl)CC2)nc(N2CCOCC2)c1C. The molecule has 4 rings (SSSR count). The zero-order valence-corrected chi connectivity index (χ0v) is 18.4. The molecule has 3 heterocycles. The largest absolute Gasteiger partial charge is 0.378 e. The van der Waals surface area contributed by atoms with Crippen LogP contribution in [0.1, 0.15) is 29.1 Å². The normalized spacial score (nSPS) is 18.1. The number of halogens is 2. The highest BCUT2D eigenvalue weighted by atomic mass is 35.5. The van der Waals surface area contributed by atoms with Crippen molar-refractivity contribution in [3.05, 3.63) is 57.0 Å². The lowest BCUT2D eigenvalue weighted by Crippen LogP contribution is -2.37. The Balaban J connectivity index is 1.52. The third-order valence-corrected chi connectivity index (χ3v) is 6.41. The average Bonchev–Trinajstić information content (AvgIpc) is 2.74. The maximum absolute atomic E-state index is 6.34. The quantitative estimate of drug-likeness (QED) is 0.709. The molecule has 1 aromatic carbocycles. The fourth-order valence-corrected chi connectivity index (χ4v) is 4.32. The fraction of sp³-hybridized carbons (Fsp3) is 0.455. The van der Waals surface area contributed by atoms with E-state index in [4.69, 9.17) is 37.9 Å². The smallest absolute Gasteiger partial charge is 0.157 e. The minimum atomic E-state index is 0.722. The van der Waals surface area contributed by atoms with Gasteiger partial charge in [0.25, 0.3) is 0 Å². The van der Waals surface area contributed by atoms with Crippen LogP contribution in [-0.4, -0.2) is 54.3 Å². The summed E-state index contributed by atoms with van der Waals surface area (Å²) in [7, 11) is 0. The summed E-state index contributed by atoms with van der Waals surface area (Å²) in [5.74, 6) is 1.90. The van der Waals surface area contributed by atoms with Crippen molar-refractivity contribution in [2.24, 2.45) is 0 Å². The van der Waals surface area contributed by atoms with E-state index in [0.29, 0.717) is 0 Å². The molecule has 0 bridgehead atoms. The molecule has 2 aromatic rings. The predicted molar refractivity (Wildman–Crippen MR) is 119 cm³/mol. The molecule has 0 unspecified atom stereocenters. The third-order valence-electron chi connectivity index (χ3n) is 5.70. The number of morpholine rings is 1. The Labute approximate surface area is 182 Å². The van der Waals surface area contributed by atoms with Crippen molar-refractivity contribution < 1.29 is 4.74 Å². The van der Waals surface area contributed by atoms with Crippen LogP contribution in [0.25, 0.3) is 5.57 Å². The standard InChI is InChI=1S/C22H26Cl2N4O/c1-15-16(2)25-21(26-22(15)28-10-12-29-13-11-28)17-6-8-27(9-7-17)14-18-19(23)4-3-5-20(18)24/h3-6H,7-14H2,1-2H3. The molecule has 7 heteroatoms. The van der Waals surface area contributed by atoms with Gasteiger partial charge in [-0.25, -0.2) is 9.97 Å². The maximum atomic E-state index is 6.34. The van der Waals surface area contributed by atoms with Gasteiger partial charge < -0.3 is 9.64 Å². The van der Waals surface area contributed by atoms with Gasteiger partial charge in [-0.1, -0.05) is 35.3 Å². The van der Waals surface area contributed by atoms with E-state index in [1.807, 2.05) is 18.2 Å². The molecule has 2 aliphatic heterocycles. The highest BCUT2D eigenvalue weighted by Crippen LogP contribution is 2.29. The Kier molecular flexibility index (Phi) is 6.40. The van der Waals surface area contributed by atoms with Crippen molar-refractivity contribution >= 4 is 34.6 Å². The summed E-state index contributed by atoms with van der Waals surface area (Å²) in [6.07, 6.45) is 3.15. The lowest BCUT2D eigenvalue weighted by atomic mass is 10.1. The molecule has 0 N–H and O–H groups in total. The van der Waals surface area contributed by atoms with E-state index in [9.17, 15) is 0 Å². The summed E-state index contributed by atoms with van der Waals surface area (Å²) in [4.78, 5) is 14.4. The number of hydrogen-bond acceptors (Lipinski definition) is 5. The van der Waals surface area contributed by atoms with Crippen LogP contribution in [0.2, 0.25) is 10.0 Å². The fourth-order valence-electron chi connectivity index (χ4n) is 3.81. The Bertz CT molecular complexity index is 905. The first-order valence-electron chi connectivity index (χ1n) is 10.1. The molecule has 2 aliphatic rings. The van der Waals surface area contributed by atoms with Crippen molar-refractivity contribution in [2.45, 2.75) is 26.8 Å². The van der Waals surface area contributed by atoms with E-state index in [1.54, 1.807) is 0 Å². The second-order valence-electron chi connectivity index (χ2n) is 7.60. The van der Waals surface area contributed by atoms with Gasteiger partial charge in [-0.2, -0.15) is 0 Å². The zero-order valence-electron chi connectivity index (χ0n) is 16.9. The minimum absolute atomic E-state index is 0.722. The van der Waals surface area contributed by atoms with Crippen LogP contribution >= 0.6 is 23.2 Å². The van der Waals surface area contributed by atoms with E-state index in [-0.39, 0.29) is 0 Å². The van der Waals surface area contributed by atoms with E-state index < -0.39 is 0 Å². The van der Waals surface area contributed by atoms with Gasteiger partial charge >= 0.3 is 0 Å². The molecule has 1 saturated heterocycles. The molecule has 1 aromatic heterocycles. The summed E-state index contributed by atoms with van der Waals surface area (Å²) >= 11 is 12.7. The van der Waals surface area contributed by atoms with E-state index in [1.165, 1.54) is 5.57 Å². The number of anilines is 1. The third kappa shape index (κ3) is 4.58. The summed E-state index contributed by atoms with van der Waals surface area (Å²) in [6, 6.07) is 5.67. The number of rotatable bonds is 4. The van der Waals surface area contributed by atoms with Gasteiger partial charge in [0.15, 0.2) is 5.82 Å². The maximum Gasteiger partial charge on any atom is 0.157 e. The van der Waals surface area contributed by atoms with Gasteiger partial charge in [-0.05, 0) is 38.0 Å². The lowest BCUT2D eigenvalue weighted by molar-refractivity contribution is 0.122. The summed E-state index contributed by atoms with van der Waals surface area (Å²) < 4.78 is 5.49. The van der Waals surface area contributed by atoms with Crippen LogP contribution in [0.4, 0.5) is 5.82 Å². The lowest BCUT2D eigenvalue weighted by Gasteiger charge is -2.30. The average molecular weight is 433 g/mol. The molecule has 0 saturated carbocycles. The summed E-state index contributed by atoms with van der Waals surface area (Å²) in [6.45, 7) is 9.93. The number of benzene rings is 1. The van der Waals surface area contributed by atoms with Crippen molar-refractivity contribution in [1.82, 2.24) is 14.9 Å². The predicted octanol–water partition coefficient (Wildman–Crippen LogP) is 4.53. The Morgan fingerprint density at radius 1 is 1.03 bits per heavy atom. The first-order chi connectivity index (χ1) is 14.0. The molecule has 0 amide bonds. The number of aryl methyl sites for hydroxylation is 1. The monoisotopic (exact) mass is 432 g/mol. The van der Waals surface area contributed by atoms with Crippen LogP contribution in [0.5, 0.6) is 0 Å². The number of aromatic nitrogens is 2. The van der Waals surface area contributed by atoms with Crippen LogP contribution in [0.3, 0.4) is 0 Å². The second-order valence-corrected chi connectivity index (χ2v) is 8.41. The van der Waals surface area contributed by atoms with Gasteiger partial charge in [-0.15, -0.1) is 0 Å². The number of nitrogens with zero attached hydrogens (tertiary/aromatic N) is 4. The molecule has 0 spiro atoms. The molecular formula is C22H26Cl2N4O. The molecular weight excluding hydrogens is 407 g/mol. The first kappa shape index (κ1) is 20.6. The number of hydrogen-bond donors (Lipinski definition) is 0. The molecule has 1 fully saturated rings. The molecule has 154 valence electrons. The highest BCUT2D eigenvalue weighted by Gasteiger charge is 2.21. The molecule has 29 heavy (non-hydrogen) atoms. The van der Waals surface area contributed by atoms with Gasteiger partial charge in [0.1, 0.15) is 5.82 Å². The Morgan fingerprint density at radius 3 is 2.41 bits per heavy atom. The number of ether oxygens (including phenoxy) is 1. The highest BCUT2D eigenvalue weighted by molar-refractivity contribution is 6.35. The van der Waals surface area contributed by atoms with Gasteiger partial charge in [0.2, 0.25) is 0 Å². The first-order valence-corrected chi connectivity index (χ1v) is 10.8. The topological polar surface area (TPSA) is 41.5 Å². The van der Waals surface area contributed by atoms with E-state index in [0.717, 1.165) is 90.9 Å². The minimum Gasteiger partial charge on any atom is -0.378 e. The van der Waals surface area contributed by atoms with Crippen molar-refractivity contribution in [3.8, 4) is 0 Å². The molecule has 0 atom stereocenters. The van der Waals surface area contributed by atoms with E-state index in [2.05, 4.69) is 29.7 Å². The van der Waals surface area contributed by atoms with Crippen LogP contribution < -0.4 is 4.90 Å². The van der Waals surface area contributed by atoms with Crippen LogP contribution in [-0.2, 0) is 11.3 Å². The summed E-state index contributed by atoms with van der Waals surface area (Å²) in [5.41, 5.74) is 4.40. The molecule has 5 nitrogen and oxygen atoms in total. The van der Waals surface area contributed by atoms with Crippen molar-refractivity contribution in [3.63, 3.8) is 0 Å². The molecule has 0 aliphatic carbocycles. The second kappa shape index (κ2) is 9.00. The van der Waals surface area contributed by atoms with Gasteiger partial charge in [-0.3, -0.25) is 4.90 Å². The van der Waals surface area contributed by atoms with Crippen molar-refractivity contribution in [1.29, 1.82) is 0 Å². The zero-order chi connectivity index (χ0) is 20.4. The Hall–Kier alpha value is -1.66. The molecule has 0 radical (unpaired) electrons. The van der Waals surface area contributed by atoms with Gasteiger partial charge in [0.05, 0.1) is 13.2 Å². The van der Waals surface area contributed by atoms with Gasteiger partial charge in [0, 0.05) is 59.6 Å². The van der Waals surface area contributed by atoms with Crippen LogP contribution in [0.15, 0.2) is 24.3 Å². The Morgan fingerprint density at radius 2 is 1.76 bits per heavy atom. The van der Waals surface area contributed by atoms with E-state index >= 15 is 0 Å².